The van der Waals surface area contributed by atoms with E-state index in [0.29, 0.717) is 17.0 Å². The first-order valence-corrected chi connectivity index (χ1v) is 8.84. The second-order valence-corrected chi connectivity index (χ2v) is 6.52. The van der Waals surface area contributed by atoms with Crippen LogP contribution in [0.25, 0.3) is 10.8 Å². The van der Waals surface area contributed by atoms with Crippen molar-refractivity contribution in [2.45, 2.75) is 19.9 Å². The van der Waals surface area contributed by atoms with Gasteiger partial charge in [0.1, 0.15) is 5.75 Å². The van der Waals surface area contributed by atoms with E-state index in [-0.39, 0.29) is 24.5 Å². The zero-order valence-electron chi connectivity index (χ0n) is 15.4. The minimum absolute atomic E-state index is 0.0116. The van der Waals surface area contributed by atoms with Crippen molar-refractivity contribution in [2.24, 2.45) is 0 Å². The maximum atomic E-state index is 12.3. The topological polar surface area (TPSA) is 67.4 Å². The lowest BCUT2D eigenvalue weighted by Gasteiger charge is -2.13. The first-order chi connectivity index (χ1) is 13.0. The van der Waals surface area contributed by atoms with Crippen LogP contribution in [-0.4, -0.2) is 24.5 Å². The third-order valence-corrected chi connectivity index (χ3v) is 3.96. The van der Waals surface area contributed by atoms with Gasteiger partial charge in [0.15, 0.2) is 6.61 Å². The summed E-state index contributed by atoms with van der Waals surface area (Å²) in [5, 5.41) is 7.73. The normalized spacial score (nSPS) is 10.6. The molecule has 3 aromatic carbocycles. The van der Waals surface area contributed by atoms with E-state index in [4.69, 9.17) is 4.74 Å². The van der Waals surface area contributed by atoms with Gasteiger partial charge in [0, 0.05) is 6.04 Å². The molecule has 0 aliphatic heterocycles. The van der Waals surface area contributed by atoms with Crippen LogP contribution in [0.4, 0.5) is 5.69 Å². The van der Waals surface area contributed by atoms with Crippen LogP contribution in [0.15, 0.2) is 66.7 Å². The van der Waals surface area contributed by atoms with Gasteiger partial charge in [-0.2, -0.15) is 0 Å². The summed E-state index contributed by atoms with van der Waals surface area (Å²) >= 11 is 0. The number of amides is 2. The molecule has 5 nitrogen and oxygen atoms in total. The summed E-state index contributed by atoms with van der Waals surface area (Å²) in [7, 11) is 0. The van der Waals surface area contributed by atoms with E-state index in [0.717, 1.165) is 10.8 Å². The molecule has 2 amide bonds. The summed E-state index contributed by atoms with van der Waals surface area (Å²) in [6.45, 7) is 3.63. The number of carbonyl (C=O) groups excluding carboxylic acids is 2. The largest absolute Gasteiger partial charge is 0.484 e. The monoisotopic (exact) mass is 362 g/mol. The molecule has 0 aliphatic rings. The van der Waals surface area contributed by atoms with Gasteiger partial charge in [-0.25, -0.2) is 0 Å². The van der Waals surface area contributed by atoms with Gasteiger partial charge in [-0.15, -0.1) is 0 Å². The molecule has 0 aromatic heterocycles. The molecule has 0 unspecified atom stereocenters. The summed E-state index contributed by atoms with van der Waals surface area (Å²) in [6, 6.07) is 20.5. The molecule has 138 valence electrons. The van der Waals surface area contributed by atoms with Crippen LogP contribution in [0.1, 0.15) is 24.2 Å². The number of anilines is 1. The highest BCUT2D eigenvalue weighted by molar-refractivity contribution is 6.04. The molecule has 0 bridgehead atoms. The molecule has 0 radical (unpaired) electrons. The average Bonchev–Trinajstić information content (AvgIpc) is 2.66. The Labute approximate surface area is 158 Å². The summed E-state index contributed by atoms with van der Waals surface area (Å²) in [4.78, 5) is 24.5. The Morgan fingerprint density at radius 2 is 1.63 bits per heavy atom. The first kappa shape index (κ1) is 18.5. The van der Waals surface area contributed by atoms with Crippen molar-refractivity contribution >= 4 is 28.3 Å². The van der Waals surface area contributed by atoms with Crippen molar-refractivity contribution < 1.29 is 14.3 Å². The molecule has 0 fully saturated rings. The number of ether oxygens (including phenoxy) is 1. The van der Waals surface area contributed by atoms with Crippen LogP contribution in [0.3, 0.4) is 0 Å². The van der Waals surface area contributed by atoms with Gasteiger partial charge in [-0.1, -0.05) is 42.5 Å². The average molecular weight is 362 g/mol. The Morgan fingerprint density at radius 3 is 2.41 bits per heavy atom. The Kier molecular flexibility index (Phi) is 5.71. The molecule has 0 atom stereocenters. The zero-order chi connectivity index (χ0) is 19.2. The molecule has 0 heterocycles. The molecule has 0 spiro atoms. The SMILES string of the molecule is CC(C)NC(=O)c1ccccc1NC(=O)COc1ccc2ccccc2c1. The smallest absolute Gasteiger partial charge is 0.262 e. The first-order valence-electron chi connectivity index (χ1n) is 8.84. The molecule has 3 aromatic rings. The molecule has 0 saturated carbocycles. The number of carbonyl (C=O) groups is 2. The number of benzene rings is 3. The molecule has 0 aliphatic carbocycles. The van der Waals surface area contributed by atoms with Gasteiger partial charge in [-0.3, -0.25) is 9.59 Å². The predicted octanol–water partition coefficient (Wildman–Crippen LogP) is 4.00. The van der Waals surface area contributed by atoms with E-state index >= 15 is 0 Å². The van der Waals surface area contributed by atoms with Gasteiger partial charge in [-0.05, 0) is 48.9 Å². The second kappa shape index (κ2) is 8.36. The number of fused-ring (bicyclic) bond motifs is 1. The van der Waals surface area contributed by atoms with Gasteiger partial charge in [0.2, 0.25) is 0 Å². The molecular weight excluding hydrogens is 340 g/mol. The van der Waals surface area contributed by atoms with E-state index in [1.807, 2.05) is 56.3 Å². The fourth-order valence-electron chi connectivity index (χ4n) is 2.72. The highest BCUT2D eigenvalue weighted by Gasteiger charge is 2.14. The summed E-state index contributed by atoms with van der Waals surface area (Å²) in [6.07, 6.45) is 0. The standard InChI is InChI=1S/C22H22N2O3/c1-15(2)23-22(26)19-9-5-6-10-20(19)24-21(25)14-27-18-12-11-16-7-3-4-8-17(16)13-18/h3-13,15H,14H2,1-2H3,(H,23,26)(H,24,25). The number of para-hydroxylation sites is 1. The van der Waals surface area contributed by atoms with Crippen molar-refractivity contribution in [2.75, 3.05) is 11.9 Å². The van der Waals surface area contributed by atoms with E-state index < -0.39 is 0 Å². The van der Waals surface area contributed by atoms with Gasteiger partial charge in [0.05, 0.1) is 11.3 Å². The van der Waals surface area contributed by atoms with E-state index in [1.165, 1.54) is 0 Å². The van der Waals surface area contributed by atoms with Crippen LogP contribution in [0.5, 0.6) is 5.75 Å². The highest BCUT2D eigenvalue weighted by Crippen LogP contribution is 2.21. The second-order valence-electron chi connectivity index (χ2n) is 6.52. The fourth-order valence-corrected chi connectivity index (χ4v) is 2.72. The minimum atomic E-state index is -0.326. The van der Waals surface area contributed by atoms with Crippen LogP contribution in [-0.2, 0) is 4.79 Å². The number of nitrogens with one attached hydrogen (secondary N) is 2. The molecule has 5 heteroatoms. The Morgan fingerprint density at radius 1 is 0.926 bits per heavy atom. The summed E-state index contributed by atoms with van der Waals surface area (Å²) in [5.74, 6) is 0.0685. The molecule has 3 rings (SSSR count). The quantitative estimate of drug-likeness (QED) is 0.697. The Balaban J connectivity index is 1.64. The van der Waals surface area contributed by atoms with Crippen LogP contribution in [0, 0.1) is 0 Å². The van der Waals surface area contributed by atoms with Crippen molar-refractivity contribution in [1.82, 2.24) is 5.32 Å². The predicted molar refractivity (Wildman–Crippen MR) is 107 cm³/mol. The molecule has 27 heavy (non-hydrogen) atoms. The molecule has 0 saturated heterocycles. The summed E-state index contributed by atoms with van der Waals surface area (Å²) in [5.41, 5.74) is 0.882. The van der Waals surface area contributed by atoms with E-state index in [2.05, 4.69) is 10.6 Å². The van der Waals surface area contributed by atoms with E-state index in [1.54, 1.807) is 24.3 Å². The third-order valence-electron chi connectivity index (χ3n) is 3.96. The lowest BCUT2D eigenvalue weighted by atomic mass is 10.1. The Bertz CT molecular complexity index is 966. The Hall–Kier alpha value is -3.34. The van der Waals surface area contributed by atoms with Crippen molar-refractivity contribution in [1.29, 1.82) is 0 Å². The van der Waals surface area contributed by atoms with Gasteiger partial charge < -0.3 is 15.4 Å². The lowest BCUT2D eigenvalue weighted by molar-refractivity contribution is -0.118. The van der Waals surface area contributed by atoms with Crippen molar-refractivity contribution in [3.63, 3.8) is 0 Å². The number of hydrogen-bond donors (Lipinski definition) is 2. The van der Waals surface area contributed by atoms with Gasteiger partial charge in [0.25, 0.3) is 11.8 Å². The third kappa shape index (κ3) is 4.85. The zero-order valence-corrected chi connectivity index (χ0v) is 15.4. The fraction of sp³-hybridized carbons (Fsp3) is 0.182. The van der Waals surface area contributed by atoms with Crippen LogP contribution < -0.4 is 15.4 Å². The van der Waals surface area contributed by atoms with Crippen molar-refractivity contribution in [3.05, 3.63) is 72.3 Å². The lowest BCUT2D eigenvalue weighted by Crippen LogP contribution is -2.31. The highest BCUT2D eigenvalue weighted by atomic mass is 16.5. The number of rotatable bonds is 6. The minimum Gasteiger partial charge on any atom is -0.484 e. The maximum Gasteiger partial charge on any atom is 0.262 e. The maximum absolute atomic E-state index is 12.3. The van der Waals surface area contributed by atoms with Crippen LogP contribution >= 0.6 is 0 Å². The van der Waals surface area contributed by atoms with Crippen LogP contribution in [0.2, 0.25) is 0 Å². The molecule has 2 N–H and O–H groups in total. The van der Waals surface area contributed by atoms with E-state index in [9.17, 15) is 9.59 Å². The van der Waals surface area contributed by atoms with Gasteiger partial charge >= 0.3 is 0 Å². The molecular formula is C22H22N2O3. The number of hydrogen-bond acceptors (Lipinski definition) is 3. The summed E-state index contributed by atoms with van der Waals surface area (Å²) < 4.78 is 5.60. The van der Waals surface area contributed by atoms with Crippen molar-refractivity contribution in [3.8, 4) is 5.75 Å².